The minimum absolute atomic E-state index is 0.0727. The van der Waals surface area contributed by atoms with Gasteiger partial charge in [-0.25, -0.2) is 9.78 Å². The third kappa shape index (κ3) is 5.25. The first-order chi connectivity index (χ1) is 16.3. The second-order valence-corrected chi connectivity index (χ2v) is 9.67. The molecule has 178 valence electrons. The zero-order valence-corrected chi connectivity index (χ0v) is 19.4. The molecule has 1 saturated heterocycles. The summed E-state index contributed by atoms with van der Waals surface area (Å²) in [6.45, 7) is 0. The van der Waals surface area contributed by atoms with E-state index < -0.39 is 29.3 Å². The molecule has 0 aliphatic carbocycles. The van der Waals surface area contributed by atoms with E-state index in [0.29, 0.717) is 22.3 Å². The first kappa shape index (κ1) is 23.8. The largest absolute Gasteiger partial charge is 0.481 e. The first-order valence-electron chi connectivity index (χ1n) is 10.3. The molecule has 2 atom stereocenters. The summed E-state index contributed by atoms with van der Waals surface area (Å²) in [6.07, 6.45) is 0.269. The Kier molecular flexibility index (Phi) is 7.22. The number of nitrogens with zero attached hydrogens (tertiary/aromatic N) is 3. The minimum atomic E-state index is -1.21. The number of nitrogens with one attached hydrogen (secondary N) is 2. The zero-order chi connectivity index (χ0) is 24.2. The van der Waals surface area contributed by atoms with E-state index in [2.05, 4.69) is 20.5 Å². The lowest BCUT2D eigenvalue weighted by molar-refractivity contribution is -0.150. The number of benzene rings is 1. The van der Waals surface area contributed by atoms with E-state index in [1.54, 1.807) is 0 Å². The average molecular weight is 504 g/mol. The van der Waals surface area contributed by atoms with Crippen molar-refractivity contribution in [3.8, 4) is 0 Å². The van der Waals surface area contributed by atoms with E-state index in [4.69, 9.17) is 5.11 Å². The number of aromatic amines is 1. The number of aromatic nitrogens is 3. The Morgan fingerprint density at radius 2 is 2.00 bits per heavy atom. The maximum absolute atomic E-state index is 12.8. The van der Waals surface area contributed by atoms with Crippen molar-refractivity contribution in [3.05, 3.63) is 53.0 Å². The molecule has 2 aromatic rings. The number of amides is 2. The molecule has 0 saturated carbocycles. The summed E-state index contributed by atoms with van der Waals surface area (Å²) in [5.41, 5.74) is 1.30. The Morgan fingerprint density at radius 1 is 1.24 bits per heavy atom. The Hall–Kier alpha value is -3.32. The zero-order valence-electron chi connectivity index (χ0n) is 17.8. The van der Waals surface area contributed by atoms with E-state index in [0.717, 1.165) is 5.56 Å². The molecule has 4 N–H and O–H groups in total. The van der Waals surface area contributed by atoms with Gasteiger partial charge in [-0.2, -0.15) is 0 Å². The number of H-pyrrole nitrogens is 1. The van der Waals surface area contributed by atoms with Gasteiger partial charge >= 0.3 is 11.9 Å². The van der Waals surface area contributed by atoms with Crippen LogP contribution in [0, 0.1) is 0 Å². The highest BCUT2D eigenvalue weighted by atomic mass is 32.2. The van der Waals surface area contributed by atoms with Crippen LogP contribution in [0.5, 0.6) is 0 Å². The molecule has 1 fully saturated rings. The molecule has 1 unspecified atom stereocenters. The number of hydrogen-bond acceptors (Lipinski definition) is 8. The number of carbonyl (C=O) groups is 4. The quantitative estimate of drug-likeness (QED) is 0.270. The number of aryl methyl sites for hydroxylation is 1. The Morgan fingerprint density at radius 3 is 2.71 bits per heavy atom. The predicted octanol–water partition coefficient (Wildman–Crippen LogP) is 0.895. The molecule has 13 heteroatoms. The van der Waals surface area contributed by atoms with Gasteiger partial charge in [0.25, 0.3) is 5.91 Å². The molecule has 0 bridgehead atoms. The van der Waals surface area contributed by atoms with Gasteiger partial charge in [0.1, 0.15) is 22.9 Å². The van der Waals surface area contributed by atoms with Crippen LogP contribution in [0.15, 0.2) is 46.8 Å². The lowest BCUT2D eigenvalue weighted by Gasteiger charge is -2.49. The first-order valence-corrected chi connectivity index (χ1v) is 12.4. The van der Waals surface area contributed by atoms with Gasteiger partial charge in [-0.15, -0.1) is 16.9 Å². The summed E-state index contributed by atoms with van der Waals surface area (Å²) in [4.78, 5) is 53.3. The van der Waals surface area contributed by atoms with Gasteiger partial charge in [-0.1, -0.05) is 42.1 Å². The normalized spacial score (nSPS) is 19.4. The lowest BCUT2D eigenvalue weighted by atomic mass is 10.0. The highest BCUT2D eigenvalue weighted by Crippen LogP contribution is 2.41. The summed E-state index contributed by atoms with van der Waals surface area (Å²) in [5, 5.41) is 27.9. The van der Waals surface area contributed by atoms with Crippen LogP contribution in [0.25, 0.3) is 0 Å². The Bertz CT molecular complexity index is 1150. The molecule has 34 heavy (non-hydrogen) atoms. The number of fused-ring (bicyclic) bond motifs is 1. The number of β-lactam (4-membered cyclic amide) rings is 1. The van der Waals surface area contributed by atoms with E-state index >= 15 is 0 Å². The SMILES string of the molecule is O=C(O)CCc1nc(SCC2=C(C(=O)O)N3C(=O)C(NC(=O)Cc4ccccc4)[C@H]3SC2)n[nH]1. The molecule has 0 radical (unpaired) electrons. The van der Waals surface area contributed by atoms with Crippen molar-refractivity contribution in [2.24, 2.45) is 0 Å². The van der Waals surface area contributed by atoms with E-state index in [1.807, 2.05) is 30.3 Å². The summed E-state index contributed by atoms with van der Waals surface area (Å²) < 4.78 is 0. The Labute approximate surface area is 202 Å². The topological polar surface area (TPSA) is 166 Å². The van der Waals surface area contributed by atoms with Crippen LogP contribution < -0.4 is 5.32 Å². The molecule has 1 aromatic carbocycles. The molecular weight excluding hydrogens is 482 g/mol. The van der Waals surface area contributed by atoms with Crippen LogP contribution in [0.2, 0.25) is 0 Å². The molecular formula is C21H21N5O6S2. The van der Waals surface area contributed by atoms with Crippen LogP contribution >= 0.6 is 23.5 Å². The monoisotopic (exact) mass is 503 g/mol. The van der Waals surface area contributed by atoms with Crippen molar-refractivity contribution >= 4 is 47.3 Å². The molecule has 11 nitrogen and oxygen atoms in total. The molecule has 2 aliphatic rings. The van der Waals surface area contributed by atoms with Gasteiger partial charge in [0.05, 0.1) is 12.8 Å². The fourth-order valence-corrected chi connectivity index (χ4v) is 5.93. The number of carboxylic acid groups (broad SMARTS) is 2. The van der Waals surface area contributed by atoms with Crippen LogP contribution in [-0.4, -0.2) is 77.0 Å². The molecule has 0 spiro atoms. The number of thioether (sulfide) groups is 2. The molecule has 1 aromatic heterocycles. The molecule has 2 aliphatic heterocycles. The van der Waals surface area contributed by atoms with Gasteiger partial charge in [0.15, 0.2) is 0 Å². The fourth-order valence-electron chi connectivity index (χ4n) is 3.63. The van der Waals surface area contributed by atoms with Crippen molar-refractivity contribution in [1.82, 2.24) is 25.4 Å². The summed E-state index contributed by atoms with van der Waals surface area (Å²) in [6, 6.07) is 8.38. The van der Waals surface area contributed by atoms with Gasteiger partial charge < -0.3 is 15.5 Å². The Balaban J connectivity index is 1.38. The number of hydrogen-bond donors (Lipinski definition) is 4. The van der Waals surface area contributed by atoms with Gasteiger partial charge in [-0.3, -0.25) is 24.4 Å². The van der Waals surface area contributed by atoms with Crippen molar-refractivity contribution in [3.63, 3.8) is 0 Å². The third-order valence-corrected chi connectivity index (χ3v) is 7.51. The standard InChI is InChI=1S/C21H21N5O6S2/c27-14(8-11-4-2-1-3-5-11)23-16-18(30)26-17(20(31)32)12(9-33-19(16)26)10-34-21-22-13(24-25-21)6-7-15(28)29/h1-5,16,19H,6-10H2,(H,23,27)(H,28,29)(H,31,32)(H,22,24,25)/t16?,19-/m1/s1. The maximum atomic E-state index is 12.8. The number of rotatable bonds is 10. The number of carbonyl (C=O) groups excluding carboxylic acids is 2. The molecule has 3 heterocycles. The van der Waals surface area contributed by atoms with Gasteiger partial charge in [-0.05, 0) is 11.1 Å². The van der Waals surface area contributed by atoms with E-state index in [-0.39, 0.29) is 36.6 Å². The van der Waals surface area contributed by atoms with Crippen molar-refractivity contribution < 1.29 is 29.4 Å². The fraction of sp³-hybridized carbons (Fsp3) is 0.333. The third-order valence-electron chi connectivity index (χ3n) is 5.24. The van der Waals surface area contributed by atoms with E-state index in [9.17, 15) is 24.3 Å². The second kappa shape index (κ2) is 10.3. The summed E-state index contributed by atoms with van der Waals surface area (Å²) >= 11 is 2.60. The summed E-state index contributed by atoms with van der Waals surface area (Å²) in [5.74, 6) is -1.83. The van der Waals surface area contributed by atoms with Crippen LogP contribution in [0.3, 0.4) is 0 Å². The van der Waals surface area contributed by atoms with Crippen molar-refractivity contribution in [2.45, 2.75) is 35.8 Å². The highest BCUT2D eigenvalue weighted by molar-refractivity contribution is 8.01. The predicted molar refractivity (Wildman–Crippen MR) is 123 cm³/mol. The second-order valence-electron chi connectivity index (χ2n) is 7.62. The molecule has 4 rings (SSSR count). The van der Waals surface area contributed by atoms with Crippen LogP contribution in [0.4, 0.5) is 0 Å². The lowest BCUT2D eigenvalue weighted by Crippen LogP contribution is -2.70. The molecule has 2 amide bonds. The van der Waals surface area contributed by atoms with Crippen molar-refractivity contribution in [1.29, 1.82) is 0 Å². The average Bonchev–Trinajstić information content (AvgIpc) is 3.27. The summed E-state index contributed by atoms with van der Waals surface area (Å²) in [7, 11) is 0. The number of aliphatic carboxylic acids is 2. The minimum Gasteiger partial charge on any atom is -0.481 e. The smallest absolute Gasteiger partial charge is 0.352 e. The van der Waals surface area contributed by atoms with Crippen LogP contribution in [-0.2, 0) is 32.0 Å². The van der Waals surface area contributed by atoms with Crippen LogP contribution in [0.1, 0.15) is 17.8 Å². The van der Waals surface area contributed by atoms with Gasteiger partial charge in [0.2, 0.25) is 11.1 Å². The van der Waals surface area contributed by atoms with E-state index in [1.165, 1.54) is 28.4 Å². The maximum Gasteiger partial charge on any atom is 0.352 e. The van der Waals surface area contributed by atoms with Crippen molar-refractivity contribution in [2.75, 3.05) is 11.5 Å². The number of carboxylic acids is 2. The van der Waals surface area contributed by atoms with Gasteiger partial charge in [0, 0.05) is 17.9 Å². The highest BCUT2D eigenvalue weighted by Gasteiger charge is 2.54.